The SMILES string of the molecule is c1ccc(CC(Cc2ccccc2)(SSc2nc3ccccc3s2)SSc2nc3ccccc3s2)cc1. The van der Waals surface area contributed by atoms with Crippen LogP contribution in [0.5, 0.6) is 0 Å². The summed E-state index contributed by atoms with van der Waals surface area (Å²) in [5.41, 5.74) is 4.83. The van der Waals surface area contributed by atoms with E-state index in [2.05, 4.69) is 109 Å². The third kappa shape index (κ3) is 6.38. The van der Waals surface area contributed by atoms with Crippen molar-refractivity contribution in [2.24, 2.45) is 0 Å². The monoisotopic (exact) mass is 590 g/mol. The largest absolute Gasteiger partial charge is 0.229 e. The predicted molar refractivity (Wildman–Crippen MR) is 169 cm³/mol. The van der Waals surface area contributed by atoms with Gasteiger partial charge in [-0.25, -0.2) is 9.97 Å². The molecule has 2 aromatic heterocycles. The highest BCUT2D eigenvalue weighted by Crippen LogP contribution is 2.57. The molecule has 0 amide bonds. The van der Waals surface area contributed by atoms with E-state index < -0.39 is 0 Å². The summed E-state index contributed by atoms with van der Waals surface area (Å²) in [5, 5.41) is 0. The van der Waals surface area contributed by atoms with E-state index in [0.717, 1.165) is 32.6 Å². The minimum atomic E-state index is -0.131. The first kappa shape index (κ1) is 25.3. The van der Waals surface area contributed by atoms with Crippen LogP contribution in [-0.2, 0) is 12.8 Å². The van der Waals surface area contributed by atoms with Crippen molar-refractivity contribution in [3.05, 3.63) is 120 Å². The van der Waals surface area contributed by atoms with Gasteiger partial charge in [-0.1, -0.05) is 107 Å². The van der Waals surface area contributed by atoms with Crippen LogP contribution in [-0.4, -0.2) is 14.0 Å². The maximum absolute atomic E-state index is 4.91. The molecule has 0 unspecified atom stereocenters. The molecule has 6 aromatic rings. The normalized spacial score (nSPS) is 11.9. The van der Waals surface area contributed by atoms with Crippen molar-refractivity contribution >= 4 is 86.3 Å². The first-order valence-electron chi connectivity index (χ1n) is 11.8. The molecule has 2 nitrogen and oxygen atoms in total. The van der Waals surface area contributed by atoms with Crippen LogP contribution in [0.25, 0.3) is 20.4 Å². The number of nitrogens with zero attached hydrogens (tertiary/aromatic N) is 2. The lowest BCUT2D eigenvalue weighted by atomic mass is 10.0. The number of aromatic nitrogens is 2. The highest BCUT2D eigenvalue weighted by atomic mass is 33.1. The Labute approximate surface area is 240 Å². The van der Waals surface area contributed by atoms with E-state index in [1.807, 2.05) is 21.6 Å². The average Bonchev–Trinajstić information content (AvgIpc) is 3.55. The highest BCUT2D eigenvalue weighted by Gasteiger charge is 2.35. The summed E-state index contributed by atoms with van der Waals surface area (Å²) in [6.07, 6.45) is 1.88. The minimum Gasteiger partial charge on any atom is -0.229 e. The number of para-hydroxylation sites is 2. The topological polar surface area (TPSA) is 25.8 Å². The molecule has 37 heavy (non-hydrogen) atoms. The van der Waals surface area contributed by atoms with Gasteiger partial charge in [-0.2, -0.15) is 0 Å². The molecule has 0 radical (unpaired) electrons. The van der Waals surface area contributed by atoms with Crippen LogP contribution in [0.15, 0.2) is 118 Å². The first-order chi connectivity index (χ1) is 18.2. The van der Waals surface area contributed by atoms with Crippen molar-refractivity contribution in [3.8, 4) is 0 Å². The van der Waals surface area contributed by atoms with Crippen molar-refractivity contribution < 1.29 is 0 Å². The molecule has 0 aliphatic rings. The quantitative estimate of drug-likeness (QED) is 0.116. The lowest BCUT2D eigenvalue weighted by molar-refractivity contribution is 0.794. The number of hydrogen-bond donors (Lipinski definition) is 0. The zero-order valence-electron chi connectivity index (χ0n) is 19.7. The zero-order valence-corrected chi connectivity index (χ0v) is 24.5. The lowest BCUT2D eigenvalue weighted by Crippen LogP contribution is -2.25. The van der Waals surface area contributed by atoms with Crippen molar-refractivity contribution in [2.45, 2.75) is 25.6 Å². The van der Waals surface area contributed by atoms with Gasteiger partial charge in [-0.3, -0.25) is 0 Å². The Bertz CT molecular complexity index is 1410. The molecule has 2 heterocycles. The smallest absolute Gasteiger partial charge is 0.161 e. The summed E-state index contributed by atoms with van der Waals surface area (Å²) >= 11 is 3.55. The van der Waals surface area contributed by atoms with Gasteiger partial charge < -0.3 is 0 Å². The van der Waals surface area contributed by atoms with Crippen LogP contribution < -0.4 is 0 Å². The van der Waals surface area contributed by atoms with Gasteiger partial charge in [0.05, 0.1) is 24.5 Å². The Morgan fingerprint density at radius 3 is 1.35 bits per heavy atom. The van der Waals surface area contributed by atoms with E-state index in [1.54, 1.807) is 44.3 Å². The third-order valence-electron chi connectivity index (χ3n) is 5.71. The summed E-state index contributed by atoms with van der Waals surface area (Å²) in [5.74, 6) is 0. The molecular weight excluding hydrogens is 569 g/mol. The van der Waals surface area contributed by atoms with Gasteiger partial charge in [0.1, 0.15) is 0 Å². The van der Waals surface area contributed by atoms with E-state index in [-0.39, 0.29) is 4.08 Å². The third-order valence-corrected chi connectivity index (χ3v) is 15.3. The van der Waals surface area contributed by atoms with Crippen LogP contribution >= 0.6 is 65.8 Å². The number of benzene rings is 4. The summed E-state index contributed by atoms with van der Waals surface area (Å²) in [4.78, 5) is 9.82. The van der Waals surface area contributed by atoms with E-state index in [1.165, 1.54) is 20.5 Å². The number of hydrogen-bond acceptors (Lipinski definition) is 8. The van der Waals surface area contributed by atoms with Crippen LogP contribution in [0.1, 0.15) is 11.1 Å². The molecular formula is C29H22N2S6. The van der Waals surface area contributed by atoms with Crippen molar-refractivity contribution in [3.63, 3.8) is 0 Å². The standard InChI is InChI=1S/C29H22N2S6/c1-3-11-21(12-4-1)19-29(20-22-13-5-2-6-14-22,36-34-27-30-23-15-7-9-17-25(23)32-27)37-35-28-31-24-16-8-10-18-26(24)33-28/h1-18H,19-20H2. The predicted octanol–water partition coefficient (Wildman–Crippen LogP) is 10.3. The van der Waals surface area contributed by atoms with Gasteiger partial charge in [-0.15, -0.1) is 22.7 Å². The van der Waals surface area contributed by atoms with Gasteiger partial charge in [0, 0.05) is 0 Å². The minimum absolute atomic E-state index is 0.131. The van der Waals surface area contributed by atoms with E-state index in [9.17, 15) is 0 Å². The Kier molecular flexibility index (Phi) is 8.11. The second-order valence-electron chi connectivity index (χ2n) is 8.46. The van der Waals surface area contributed by atoms with E-state index in [0.29, 0.717) is 0 Å². The molecule has 0 aliphatic heterocycles. The van der Waals surface area contributed by atoms with Crippen LogP contribution in [0.4, 0.5) is 0 Å². The molecule has 6 rings (SSSR count). The summed E-state index contributed by atoms with van der Waals surface area (Å²) in [7, 11) is 7.48. The molecule has 0 atom stereocenters. The zero-order chi connectivity index (χ0) is 24.9. The lowest BCUT2D eigenvalue weighted by Gasteiger charge is -2.31. The Morgan fingerprint density at radius 2 is 0.919 bits per heavy atom. The van der Waals surface area contributed by atoms with Crippen LogP contribution in [0, 0.1) is 0 Å². The Morgan fingerprint density at radius 1 is 0.514 bits per heavy atom. The van der Waals surface area contributed by atoms with Gasteiger partial charge >= 0.3 is 0 Å². The molecule has 0 fully saturated rings. The molecule has 0 N–H and O–H groups in total. The maximum atomic E-state index is 4.91. The summed E-state index contributed by atoms with van der Waals surface area (Å²) in [6, 6.07) is 38.5. The van der Waals surface area contributed by atoms with Gasteiger partial charge in [0.15, 0.2) is 8.68 Å². The van der Waals surface area contributed by atoms with Gasteiger partial charge in [0.25, 0.3) is 0 Å². The summed E-state index contributed by atoms with van der Waals surface area (Å²) < 4.78 is 4.54. The molecule has 0 bridgehead atoms. The number of fused-ring (bicyclic) bond motifs is 2. The molecule has 184 valence electrons. The first-order valence-corrected chi connectivity index (χ1v) is 17.7. The molecule has 0 saturated heterocycles. The second-order valence-corrected chi connectivity index (χ2v) is 16.3. The van der Waals surface area contributed by atoms with Crippen molar-refractivity contribution in [2.75, 3.05) is 0 Å². The molecule has 0 aliphatic carbocycles. The highest BCUT2D eigenvalue weighted by molar-refractivity contribution is 8.86. The maximum Gasteiger partial charge on any atom is 0.161 e. The molecule has 8 heteroatoms. The van der Waals surface area contributed by atoms with Crippen molar-refractivity contribution in [1.29, 1.82) is 0 Å². The van der Waals surface area contributed by atoms with Gasteiger partial charge in [0.2, 0.25) is 0 Å². The summed E-state index contributed by atoms with van der Waals surface area (Å²) in [6.45, 7) is 0. The van der Waals surface area contributed by atoms with Crippen LogP contribution in [0.2, 0.25) is 0 Å². The second kappa shape index (κ2) is 11.8. The van der Waals surface area contributed by atoms with E-state index >= 15 is 0 Å². The molecule has 4 aromatic carbocycles. The van der Waals surface area contributed by atoms with Crippen LogP contribution in [0.3, 0.4) is 0 Å². The molecule has 0 spiro atoms. The van der Waals surface area contributed by atoms with Gasteiger partial charge in [-0.05, 0) is 69.8 Å². The number of rotatable bonds is 10. The molecule has 0 saturated carbocycles. The van der Waals surface area contributed by atoms with Crippen molar-refractivity contribution in [1.82, 2.24) is 9.97 Å². The average molecular weight is 591 g/mol. The Balaban J connectivity index is 1.33. The fraction of sp³-hybridized carbons (Fsp3) is 0.103. The Hall–Kier alpha value is -1.94. The fourth-order valence-electron chi connectivity index (χ4n) is 4.00. The van der Waals surface area contributed by atoms with E-state index in [4.69, 9.17) is 9.97 Å². The number of thiazole rings is 2. The fourth-order valence-corrected chi connectivity index (χ4v) is 13.0.